The Morgan fingerprint density at radius 1 is 0.931 bits per heavy atom. The van der Waals surface area contributed by atoms with Gasteiger partial charge in [-0.3, -0.25) is 0 Å². The van der Waals surface area contributed by atoms with Gasteiger partial charge < -0.3 is 9.47 Å². The molecule has 1 N–H and O–H groups in total. The van der Waals surface area contributed by atoms with Crippen molar-refractivity contribution in [1.29, 1.82) is 0 Å². The summed E-state index contributed by atoms with van der Waals surface area (Å²) in [6, 6.07) is 10.8. The molecule has 1 aromatic carbocycles. The number of ether oxygens (including phenoxy) is 2. The molecule has 0 saturated heterocycles. The summed E-state index contributed by atoms with van der Waals surface area (Å²) in [5.74, 6) is 0.652. The molecule has 3 rings (SSSR count). The summed E-state index contributed by atoms with van der Waals surface area (Å²) in [7, 11) is -4.87. The molecule has 0 saturated carbocycles. The number of methoxy groups -OCH3 is 2. The lowest BCUT2D eigenvalue weighted by atomic mass is 10.3. The van der Waals surface area contributed by atoms with Gasteiger partial charge in [-0.05, 0) is 35.0 Å². The molecule has 29 heavy (non-hydrogen) atoms. The highest BCUT2D eigenvalue weighted by Crippen LogP contribution is 2.34. The van der Waals surface area contributed by atoms with Crippen molar-refractivity contribution >= 4 is 42.5 Å². The van der Waals surface area contributed by atoms with Crippen LogP contribution in [-0.2, 0) is 19.9 Å². The van der Waals surface area contributed by atoms with Gasteiger partial charge in [0.2, 0.25) is 10.0 Å². The van der Waals surface area contributed by atoms with Crippen LogP contribution in [0.2, 0.25) is 0 Å². The standard InChI is InChI=1S/C18H19NO6S4/c1-24-14-8-7-13(11-15(14)25-2)29(22,23)19-12-17(16-5-3-9-26-16)28(20,21)18-6-4-10-27-18/h3-11,17,19H,12H2,1-2H3. The molecule has 7 nitrogen and oxygen atoms in total. The summed E-state index contributed by atoms with van der Waals surface area (Å²) in [6.07, 6.45) is 0. The zero-order chi connectivity index (χ0) is 21.1. The Morgan fingerprint density at radius 3 is 2.21 bits per heavy atom. The van der Waals surface area contributed by atoms with Crippen molar-refractivity contribution < 1.29 is 26.3 Å². The first-order valence-electron chi connectivity index (χ1n) is 8.32. The Bertz CT molecular complexity index is 1150. The maximum Gasteiger partial charge on any atom is 0.240 e. The van der Waals surface area contributed by atoms with E-state index >= 15 is 0 Å². The first-order valence-corrected chi connectivity index (χ1v) is 13.1. The van der Waals surface area contributed by atoms with Crippen LogP contribution >= 0.6 is 22.7 Å². The third kappa shape index (κ3) is 4.64. The zero-order valence-corrected chi connectivity index (χ0v) is 18.8. The summed E-state index contributed by atoms with van der Waals surface area (Å²) < 4.78 is 64.6. The lowest BCUT2D eigenvalue weighted by Crippen LogP contribution is -2.31. The van der Waals surface area contributed by atoms with E-state index in [1.54, 1.807) is 29.0 Å². The molecule has 0 fully saturated rings. The van der Waals surface area contributed by atoms with Crippen LogP contribution in [0.4, 0.5) is 0 Å². The number of rotatable bonds is 9. The lowest BCUT2D eigenvalue weighted by molar-refractivity contribution is 0.354. The molecule has 0 aliphatic heterocycles. The molecule has 0 amide bonds. The minimum atomic E-state index is -3.98. The molecule has 156 valence electrons. The third-order valence-corrected chi connectivity index (χ3v) is 10.2. The Labute approximate surface area is 177 Å². The molecule has 3 aromatic rings. The van der Waals surface area contributed by atoms with Gasteiger partial charge in [0.25, 0.3) is 0 Å². The number of hydrogen-bond acceptors (Lipinski definition) is 8. The molecule has 11 heteroatoms. The van der Waals surface area contributed by atoms with E-state index in [0.29, 0.717) is 10.6 Å². The van der Waals surface area contributed by atoms with Crippen LogP contribution in [0.15, 0.2) is 62.3 Å². The summed E-state index contributed by atoms with van der Waals surface area (Å²) in [4.78, 5) is 0.516. The fourth-order valence-electron chi connectivity index (χ4n) is 2.66. The van der Waals surface area contributed by atoms with Crippen molar-refractivity contribution in [3.8, 4) is 11.5 Å². The Morgan fingerprint density at radius 2 is 1.62 bits per heavy atom. The molecular weight excluding hydrogens is 454 g/mol. The topological polar surface area (TPSA) is 98.8 Å². The Hall–Kier alpha value is -1.92. The second-order valence-corrected chi connectivity index (χ2v) is 11.9. The van der Waals surface area contributed by atoms with Gasteiger partial charge in [-0.1, -0.05) is 12.1 Å². The maximum absolute atomic E-state index is 13.1. The molecular formula is C18H19NO6S4. The van der Waals surface area contributed by atoms with Crippen LogP contribution in [0.3, 0.4) is 0 Å². The molecule has 1 atom stereocenters. The van der Waals surface area contributed by atoms with Crippen molar-refractivity contribution in [2.45, 2.75) is 14.4 Å². The Kier molecular flexibility index (Phi) is 6.64. The van der Waals surface area contributed by atoms with Crippen LogP contribution in [0.1, 0.15) is 10.1 Å². The van der Waals surface area contributed by atoms with E-state index in [1.807, 2.05) is 0 Å². The van der Waals surface area contributed by atoms with Gasteiger partial charge in [0.1, 0.15) is 9.46 Å². The number of sulfone groups is 1. The predicted octanol–water partition coefficient (Wildman–Crippen LogP) is 3.32. The van der Waals surface area contributed by atoms with Gasteiger partial charge in [0, 0.05) is 17.5 Å². The second kappa shape index (κ2) is 8.84. The smallest absolute Gasteiger partial charge is 0.240 e. The summed E-state index contributed by atoms with van der Waals surface area (Å²) in [5, 5.41) is 2.40. The lowest BCUT2D eigenvalue weighted by Gasteiger charge is -2.17. The van der Waals surface area contributed by atoms with Crippen molar-refractivity contribution in [3.63, 3.8) is 0 Å². The van der Waals surface area contributed by atoms with E-state index < -0.39 is 25.1 Å². The average molecular weight is 474 g/mol. The van der Waals surface area contributed by atoms with E-state index in [4.69, 9.17) is 9.47 Å². The van der Waals surface area contributed by atoms with Crippen LogP contribution in [0.5, 0.6) is 11.5 Å². The molecule has 2 aromatic heterocycles. The van der Waals surface area contributed by atoms with E-state index in [2.05, 4.69) is 4.72 Å². The largest absolute Gasteiger partial charge is 0.493 e. The van der Waals surface area contributed by atoms with Crippen molar-refractivity contribution in [1.82, 2.24) is 4.72 Å². The van der Waals surface area contributed by atoms with Crippen molar-refractivity contribution in [3.05, 3.63) is 58.1 Å². The average Bonchev–Trinajstić information content (AvgIpc) is 3.41. The number of hydrogen-bond donors (Lipinski definition) is 1. The number of nitrogens with one attached hydrogen (secondary N) is 1. The van der Waals surface area contributed by atoms with Crippen LogP contribution < -0.4 is 14.2 Å². The molecule has 2 heterocycles. The predicted molar refractivity (Wildman–Crippen MR) is 113 cm³/mol. The van der Waals surface area contributed by atoms with Crippen LogP contribution in [-0.4, -0.2) is 37.6 Å². The van der Waals surface area contributed by atoms with E-state index in [-0.39, 0.29) is 21.4 Å². The maximum atomic E-state index is 13.1. The molecule has 0 radical (unpaired) electrons. The number of thiophene rings is 2. The van der Waals surface area contributed by atoms with Crippen molar-refractivity contribution in [2.24, 2.45) is 0 Å². The first-order chi connectivity index (χ1) is 13.8. The normalized spacial score (nSPS) is 13.2. The van der Waals surface area contributed by atoms with Crippen molar-refractivity contribution in [2.75, 3.05) is 20.8 Å². The number of sulfonamides is 1. The summed E-state index contributed by atoms with van der Waals surface area (Å²) >= 11 is 2.37. The van der Waals surface area contributed by atoms with Gasteiger partial charge >= 0.3 is 0 Å². The SMILES string of the molecule is COc1ccc(S(=O)(=O)NCC(c2cccs2)S(=O)(=O)c2cccs2)cc1OC. The van der Waals surface area contributed by atoms with E-state index in [1.165, 1.54) is 49.8 Å². The highest BCUT2D eigenvalue weighted by molar-refractivity contribution is 7.94. The molecule has 0 bridgehead atoms. The highest BCUT2D eigenvalue weighted by Gasteiger charge is 2.32. The van der Waals surface area contributed by atoms with E-state index in [0.717, 1.165) is 11.3 Å². The first kappa shape index (κ1) is 21.8. The van der Waals surface area contributed by atoms with Gasteiger partial charge in [-0.25, -0.2) is 21.6 Å². The highest BCUT2D eigenvalue weighted by atomic mass is 32.2. The minimum absolute atomic E-state index is 0.0476. The summed E-state index contributed by atoms with van der Waals surface area (Å²) in [5.41, 5.74) is 0. The molecule has 0 aliphatic rings. The number of benzene rings is 1. The quantitative estimate of drug-likeness (QED) is 0.512. The second-order valence-electron chi connectivity index (χ2n) is 5.85. The monoisotopic (exact) mass is 473 g/mol. The molecule has 0 aliphatic carbocycles. The van der Waals surface area contributed by atoms with Crippen LogP contribution in [0, 0.1) is 0 Å². The fraction of sp³-hybridized carbons (Fsp3) is 0.222. The van der Waals surface area contributed by atoms with Crippen LogP contribution in [0.25, 0.3) is 0 Å². The third-order valence-electron chi connectivity index (χ3n) is 4.13. The van der Waals surface area contributed by atoms with Gasteiger partial charge in [-0.15, -0.1) is 22.7 Å². The molecule has 1 unspecified atom stereocenters. The Balaban J connectivity index is 1.90. The summed E-state index contributed by atoms with van der Waals surface area (Å²) in [6.45, 7) is -0.294. The minimum Gasteiger partial charge on any atom is -0.493 e. The fourth-order valence-corrected chi connectivity index (χ4v) is 7.81. The van der Waals surface area contributed by atoms with Gasteiger partial charge in [0.15, 0.2) is 21.3 Å². The van der Waals surface area contributed by atoms with Gasteiger partial charge in [-0.2, -0.15) is 0 Å². The zero-order valence-electron chi connectivity index (χ0n) is 15.6. The molecule has 0 spiro atoms. The van der Waals surface area contributed by atoms with E-state index in [9.17, 15) is 16.8 Å². The van der Waals surface area contributed by atoms with Gasteiger partial charge in [0.05, 0.1) is 19.1 Å².